The van der Waals surface area contributed by atoms with E-state index in [1.807, 2.05) is 6.07 Å². The summed E-state index contributed by atoms with van der Waals surface area (Å²) in [7, 11) is -2.84. The number of esters is 1. The molecule has 10 heteroatoms. The van der Waals surface area contributed by atoms with Gasteiger partial charge >= 0.3 is 5.97 Å². The molecule has 1 saturated carbocycles. The molecule has 1 aliphatic rings. The molecule has 1 atom stereocenters. The van der Waals surface area contributed by atoms with Gasteiger partial charge in [-0.05, 0) is 49.9 Å². The highest BCUT2D eigenvalue weighted by molar-refractivity contribution is 7.89. The summed E-state index contributed by atoms with van der Waals surface area (Å²) in [5, 5.41) is 11.7. The fourth-order valence-corrected chi connectivity index (χ4v) is 3.57. The van der Waals surface area contributed by atoms with Crippen LogP contribution in [-0.2, 0) is 24.3 Å². The highest BCUT2D eigenvalue weighted by Crippen LogP contribution is 2.39. The highest BCUT2D eigenvalue weighted by atomic mass is 32.2. The second-order valence-electron chi connectivity index (χ2n) is 6.51. The van der Waals surface area contributed by atoms with Crippen molar-refractivity contribution in [1.82, 2.24) is 9.62 Å². The predicted octanol–water partition coefficient (Wildman–Crippen LogP) is 0.798. The van der Waals surface area contributed by atoms with Gasteiger partial charge in [0.15, 0.2) is 6.61 Å². The van der Waals surface area contributed by atoms with E-state index in [0.717, 1.165) is 41.4 Å². The van der Waals surface area contributed by atoms with Crippen molar-refractivity contribution in [3.05, 3.63) is 30.1 Å². The molecule has 0 aromatic heterocycles. The molecule has 0 saturated heterocycles. The van der Waals surface area contributed by atoms with Crippen molar-refractivity contribution in [2.75, 3.05) is 20.2 Å². The van der Waals surface area contributed by atoms with Crippen LogP contribution in [0.25, 0.3) is 0 Å². The monoisotopic (exact) mass is 397 g/mol. The van der Waals surface area contributed by atoms with Gasteiger partial charge in [-0.3, -0.25) is 9.59 Å². The maximum Gasteiger partial charge on any atom is 0.321 e. The number of carbonyl (C=O) groups excluding carboxylic acids is 2. The number of benzene rings is 1. The van der Waals surface area contributed by atoms with Gasteiger partial charge in [-0.2, -0.15) is 9.57 Å². The molecule has 0 radical (unpaired) electrons. The molecular formula is C17H20FN3O5S. The molecule has 1 aromatic carbocycles. The van der Waals surface area contributed by atoms with Crippen molar-refractivity contribution in [3.63, 3.8) is 0 Å². The third kappa shape index (κ3) is 5.24. The van der Waals surface area contributed by atoms with E-state index in [1.54, 1.807) is 6.92 Å². The van der Waals surface area contributed by atoms with Gasteiger partial charge in [-0.15, -0.1) is 0 Å². The number of carbonyl (C=O) groups is 2. The Bertz CT molecular complexity index is 862. The SMILES string of the molecule is CN(CC(=O)OCC(=O)N[C@@](C)(C#N)C1CC1)S(=O)(=O)c1ccc(F)cc1. The molecule has 0 aliphatic heterocycles. The van der Waals surface area contributed by atoms with Crippen LogP contribution in [0.15, 0.2) is 29.2 Å². The lowest BCUT2D eigenvalue weighted by Gasteiger charge is -2.22. The van der Waals surface area contributed by atoms with Crippen LogP contribution in [0.5, 0.6) is 0 Å². The molecule has 1 aliphatic carbocycles. The maximum atomic E-state index is 12.9. The van der Waals surface area contributed by atoms with E-state index in [1.165, 1.54) is 7.05 Å². The summed E-state index contributed by atoms with van der Waals surface area (Å²) >= 11 is 0. The average molecular weight is 397 g/mol. The maximum absolute atomic E-state index is 12.9. The molecule has 0 bridgehead atoms. The number of halogens is 1. The fourth-order valence-electron chi connectivity index (χ4n) is 2.45. The smallest absolute Gasteiger partial charge is 0.321 e. The number of ether oxygens (including phenoxy) is 1. The number of sulfonamides is 1. The minimum atomic E-state index is -4.00. The second-order valence-corrected chi connectivity index (χ2v) is 8.56. The van der Waals surface area contributed by atoms with Gasteiger partial charge in [0, 0.05) is 7.05 Å². The summed E-state index contributed by atoms with van der Waals surface area (Å²) in [6.45, 7) is 0.367. The van der Waals surface area contributed by atoms with Crippen LogP contribution in [-0.4, -0.2) is 50.3 Å². The molecule has 27 heavy (non-hydrogen) atoms. The van der Waals surface area contributed by atoms with Crippen LogP contribution in [0.4, 0.5) is 4.39 Å². The Labute approximate surface area is 157 Å². The Morgan fingerprint density at radius 2 is 1.96 bits per heavy atom. The summed E-state index contributed by atoms with van der Waals surface area (Å²) < 4.78 is 43.1. The topological polar surface area (TPSA) is 117 Å². The molecule has 0 heterocycles. The minimum absolute atomic E-state index is 0.0779. The highest BCUT2D eigenvalue weighted by Gasteiger charge is 2.43. The molecule has 8 nitrogen and oxygen atoms in total. The van der Waals surface area contributed by atoms with Crippen molar-refractivity contribution in [2.24, 2.45) is 5.92 Å². The van der Waals surface area contributed by atoms with Crippen molar-refractivity contribution in [2.45, 2.75) is 30.2 Å². The predicted molar refractivity (Wildman–Crippen MR) is 92.1 cm³/mol. The lowest BCUT2D eigenvalue weighted by molar-refractivity contribution is -0.148. The Morgan fingerprint density at radius 3 is 2.48 bits per heavy atom. The summed E-state index contributed by atoms with van der Waals surface area (Å²) in [5.41, 5.74) is -1.01. The summed E-state index contributed by atoms with van der Waals surface area (Å²) in [5.74, 6) is -2.07. The largest absolute Gasteiger partial charge is 0.455 e. The third-order valence-corrected chi connectivity index (χ3v) is 6.08. The number of nitriles is 1. The van der Waals surface area contributed by atoms with Crippen molar-refractivity contribution >= 4 is 21.9 Å². The van der Waals surface area contributed by atoms with E-state index >= 15 is 0 Å². The Hall–Kier alpha value is -2.51. The van der Waals surface area contributed by atoms with Gasteiger partial charge in [0.1, 0.15) is 17.9 Å². The van der Waals surface area contributed by atoms with E-state index in [-0.39, 0.29) is 10.8 Å². The van der Waals surface area contributed by atoms with Crippen LogP contribution >= 0.6 is 0 Å². The third-order valence-electron chi connectivity index (χ3n) is 4.26. The van der Waals surface area contributed by atoms with Gasteiger partial charge in [-0.25, -0.2) is 12.8 Å². The molecule has 0 unspecified atom stereocenters. The Kier molecular flexibility index (Phi) is 6.18. The number of rotatable bonds is 8. The van der Waals surface area contributed by atoms with Gasteiger partial charge in [-0.1, -0.05) is 0 Å². The van der Waals surface area contributed by atoms with Gasteiger partial charge in [0.05, 0.1) is 11.0 Å². The zero-order chi connectivity index (χ0) is 20.2. The summed E-state index contributed by atoms with van der Waals surface area (Å²) in [6, 6.07) is 6.21. The quantitative estimate of drug-likeness (QED) is 0.649. The molecule has 1 aromatic rings. The molecule has 1 N–H and O–H groups in total. The fraction of sp³-hybridized carbons (Fsp3) is 0.471. The van der Waals surface area contributed by atoms with Gasteiger partial charge in [0.25, 0.3) is 5.91 Å². The lowest BCUT2D eigenvalue weighted by Crippen LogP contribution is -2.48. The van der Waals surface area contributed by atoms with Crippen LogP contribution in [0.2, 0.25) is 0 Å². The first-order valence-electron chi connectivity index (χ1n) is 8.18. The molecule has 2 rings (SSSR count). The average Bonchev–Trinajstić information content (AvgIpc) is 3.45. The zero-order valence-electron chi connectivity index (χ0n) is 14.9. The van der Waals surface area contributed by atoms with Crippen molar-refractivity contribution < 1.29 is 27.1 Å². The van der Waals surface area contributed by atoms with Gasteiger partial charge in [0.2, 0.25) is 10.0 Å². The first-order chi connectivity index (χ1) is 12.6. The van der Waals surface area contributed by atoms with Crippen molar-refractivity contribution in [3.8, 4) is 6.07 Å². The first kappa shape index (κ1) is 20.8. The Morgan fingerprint density at radius 1 is 1.37 bits per heavy atom. The van der Waals surface area contributed by atoms with Crippen LogP contribution in [0, 0.1) is 23.1 Å². The molecule has 1 amide bonds. The molecule has 0 spiro atoms. The summed E-state index contributed by atoms with van der Waals surface area (Å²) in [6.07, 6.45) is 1.69. The van der Waals surface area contributed by atoms with Crippen LogP contribution < -0.4 is 5.32 Å². The normalized spacial score (nSPS) is 16.3. The number of amides is 1. The van der Waals surface area contributed by atoms with E-state index in [2.05, 4.69) is 5.32 Å². The number of hydrogen-bond donors (Lipinski definition) is 1. The standard InChI is InChI=1S/C17H20FN3O5S/c1-17(11-19,12-3-4-12)20-15(22)10-26-16(23)9-21(2)27(24,25)14-7-5-13(18)6-8-14/h5-8,12H,3-4,9-10H2,1-2H3,(H,20,22)/t17-/m0/s1. The minimum Gasteiger partial charge on any atom is -0.455 e. The lowest BCUT2D eigenvalue weighted by atomic mass is 9.98. The van der Waals surface area contributed by atoms with Gasteiger partial charge < -0.3 is 10.1 Å². The Balaban J connectivity index is 1.86. The number of nitrogens with zero attached hydrogens (tertiary/aromatic N) is 2. The van der Waals surface area contributed by atoms with Crippen LogP contribution in [0.3, 0.4) is 0 Å². The summed E-state index contributed by atoms with van der Waals surface area (Å²) in [4.78, 5) is 23.5. The molecule has 146 valence electrons. The number of hydrogen-bond acceptors (Lipinski definition) is 6. The van der Waals surface area contributed by atoms with Crippen molar-refractivity contribution in [1.29, 1.82) is 5.26 Å². The van der Waals surface area contributed by atoms with E-state index < -0.39 is 46.4 Å². The van der Waals surface area contributed by atoms with Crippen LogP contribution in [0.1, 0.15) is 19.8 Å². The van der Waals surface area contributed by atoms with E-state index in [9.17, 15) is 27.7 Å². The molecule has 1 fully saturated rings. The van der Waals surface area contributed by atoms with E-state index in [4.69, 9.17) is 4.74 Å². The number of likely N-dealkylation sites (N-methyl/N-ethyl adjacent to an activating group) is 1. The second kappa shape index (κ2) is 8.02. The number of nitrogens with one attached hydrogen (secondary N) is 1. The zero-order valence-corrected chi connectivity index (χ0v) is 15.8. The van der Waals surface area contributed by atoms with E-state index in [0.29, 0.717) is 0 Å². The molecular weight excluding hydrogens is 377 g/mol. The first-order valence-corrected chi connectivity index (χ1v) is 9.62.